The first-order chi connectivity index (χ1) is 13.6. The molecule has 1 aliphatic heterocycles. The van der Waals surface area contributed by atoms with Gasteiger partial charge in [-0.05, 0) is 96.0 Å². The molecule has 0 aliphatic carbocycles. The second-order valence-corrected chi connectivity index (χ2v) is 20.0. The topological polar surface area (TPSA) is 36.9 Å². The van der Waals surface area contributed by atoms with Crippen molar-refractivity contribution in [2.75, 3.05) is 14.2 Å². The summed E-state index contributed by atoms with van der Waals surface area (Å²) in [6.45, 7) is 26.7. The minimum Gasteiger partial charge on any atom is -0.420 e. The molecule has 0 saturated carbocycles. The molecule has 0 N–H and O–H groups in total. The molecule has 1 rings (SSSR count). The van der Waals surface area contributed by atoms with Crippen molar-refractivity contribution in [3.05, 3.63) is 12.7 Å². The lowest BCUT2D eigenvalue weighted by Gasteiger charge is -2.46. The van der Waals surface area contributed by atoms with E-state index in [4.69, 9.17) is 18.2 Å². The zero-order chi connectivity index (χ0) is 23.5. The Morgan fingerprint density at radius 3 is 1.80 bits per heavy atom. The van der Waals surface area contributed by atoms with E-state index >= 15 is 0 Å². The molecule has 1 fully saturated rings. The van der Waals surface area contributed by atoms with Crippen LogP contribution in [0, 0.1) is 11.8 Å². The molecule has 4 atom stereocenters. The molecule has 7 heteroatoms. The number of hydrogen-bond donors (Lipinski definition) is 0. The van der Waals surface area contributed by atoms with Crippen LogP contribution < -0.4 is 0 Å². The molecule has 0 aromatic rings. The molecule has 0 bridgehead atoms. The highest BCUT2D eigenvalue weighted by atomic mass is 28.4. The van der Waals surface area contributed by atoms with Gasteiger partial charge in [0.1, 0.15) is 0 Å². The van der Waals surface area contributed by atoms with Gasteiger partial charge in [0.25, 0.3) is 0 Å². The molecule has 176 valence electrons. The van der Waals surface area contributed by atoms with Crippen LogP contribution in [0.25, 0.3) is 0 Å². The fourth-order valence-electron chi connectivity index (χ4n) is 5.43. The van der Waals surface area contributed by atoms with Gasteiger partial charge in [0.2, 0.25) is 0 Å². The molecule has 1 saturated heterocycles. The molecular weight excluding hydrogens is 407 g/mol. The molecule has 0 spiro atoms. The summed E-state index contributed by atoms with van der Waals surface area (Å²) in [6.07, 6.45) is 5.10. The Morgan fingerprint density at radius 1 is 0.933 bits per heavy atom. The van der Waals surface area contributed by atoms with Gasteiger partial charge in [-0.25, -0.2) is 0 Å². The first-order valence-electron chi connectivity index (χ1n) is 11.6. The third kappa shape index (κ3) is 6.32. The van der Waals surface area contributed by atoms with Gasteiger partial charge >= 0.3 is 7.12 Å². The Hall–Kier alpha value is 0.0787. The Kier molecular flexibility index (Phi) is 9.69. The molecule has 0 radical (unpaired) electrons. The first-order valence-corrected chi connectivity index (χ1v) is 17.6. The van der Waals surface area contributed by atoms with E-state index in [1.807, 2.05) is 20.3 Å². The lowest BCUT2D eigenvalue weighted by Crippen LogP contribution is -2.48. The van der Waals surface area contributed by atoms with Gasteiger partial charge in [0, 0.05) is 14.2 Å². The summed E-state index contributed by atoms with van der Waals surface area (Å²) in [6, 6.07) is 0. The zero-order valence-corrected chi connectivity index (χ0v) is 23.9. The fourth-order valence-corrected chi connectivity index (χ4v) is 11.5. The van der Waals surface area contributed by atoms with Crippen molar-refractivity contribution in [2.45, 2.75) is 109 Å². The van der Waals surface area contributed by atoms with Crippen LogP contribution in [0.1, 0.15) is 54.4 Å². The second-order valence-electron chi connectivity index (χ2n) is 11.4. The number of rotatable bonds is 12. The summed E-state index contributed by atoms with van der Waals surface area (Å²) in [5.41, 5.74) is 0.459. The predicted octanol–water partition coefficient (Wildman–Crippen LogP) is 6.76. The third-order valence-electron chi connectivity index (χ3n) is 8.11. The quantitative estimate of drug-likeness (QED) is 0.240. The van der Waals surface area contributed by atoms with Crippen LogP contribution >= 0.6 is 0 Å². The van der Waals surface area contributed by atoms with Crippen molar-refractivity contribution in [3.63, 3.8) is 0 Å². The highest BCUT2D eigenvalue weighted by molar-refractivity contribution is 6.74. The molecule has 0 unspecified atom stereocenters. The standard InChI is InChI=1S/C23H49BO4Si2/c1-14-15-16-20(29(10,11)25-8)19(3)21(30(12,13)26-9)18(2)17-24-27-22(4,5)23(6,7)28-24/h14,18-21H,1,15-17H2,2-13H3/t18-,19+,20-,21-/m1/s1. The van der Waals surface area contributed by atoms with Crippen LogP contribution in [0.15, 0.2) is 12.7 Å². The Bertz CT molecular complexity index is 549. The smallest absolute Gasteiger partial charge is 0.420 e. The molecular formula is C23H49BO4Si2. The number of hydrogen-bond acceptors (Lipinski definition) is 4. The molecule has 4 nitrogen and oxygen atoms in total. The van der Waals surface area contributed by atoms with Crippen LogP contribution in [0.5, 0.6) is 0 Å². The Labute approximate surface area is 189 Å². The zero-order valence-electron chi connectivity index (χ0n) is 21.9. The maximum atomic E-state index is 6.35. The van der Waals surface area contributed by atoms with Gasteiger partial charge in [0.05, 0.1) is 11.2 Å². The van der Waals surface area contributed by atoms with Crippen LogP contribution in [0.3, 0.4) is 0 Å². The minimum atomic E-state index is -1.94. The van der Waals surface area contributed by atoms with Crippen molar-refractivity contribution in [1.29, 1.82) is 0 Å². The molecule has 0 aromatic carbocycles. The summed E-state index contributed by atoms with van der Waals surface area (Å²) in [5, 5.41) is 0. The van der Waals surface area contributed by atoms with Gasteiger partial charge < -0.3 is 18.2 Å². The van der Waals surface area contributed by atoms with E-state index in [1.165, 1.54) is 0 Å². The monoisotopic (exact) mass is 456 g/mol. The maximum Gasteiger partial charge on any atom is 0.458 e. The lowest BCUT2D eigenvalue weighted by molar-refractivity contribution is 0.00578. The van der Waals surface area contributed by atoms with Crippen LogP contribution in [-0.2, 0) is 18.2 Å². The van der Waals surface area contributed by atoms with E-state index in [2.05, 4.69) is 74.3 Å². The lowest BCUT2D eigenvalue weighted by atomic mass is 9.74. The third-order valence-corrected chi connectivity index (χ3v) is 15.5. The summed E-state index contributed by atoms with van der Waals surface area (Å²) < 4.78 is 25.0. The normalized spacial score (nSPS) is 23.1. The maximum absolute atomic E-state index is 6.35. The van der Waals surface area contributed by atoms with Gasteiger partial charge in [-0.1, -0.05) is 19.9 Å². The molecule has 30 heavy (non-hydrogen) atoms. The SMILES string of the molecule is C=CCC[C@H]([C@H](C)[C@@H]([C@H](C)CB1OC(C)(C)C(C)(C)O1)[Si](C)(C)OC)[Si](C)(C)OC. The summed E-state index contributed by atoms with van der Waals surface area (Å²) in [4.78, 5) is 0. The van der Waals surface area contributed by atoms with Crippen molar-refractivity contribution in [2.24, 2.45) is 11.8 Å². The average molecular weight is 457 g/mol. The van der Waals surface area contributed by atoms with E-state index < -0.39 is 16.6 Å². The Morgan fingerprint density at radius 2 is 1.40 bits per heavy atom. The highest BCUT2D eigenvalue weighted by Crippen LogP contribution is 2.50. The second kappa shape index (κ2) is 10.3. The molecule has 0 amide bonds. The fraction of sp³-hybridized carbons (Fsp3) is 0.913. The Balaban J connectivity index is 3.18. The molecule has 0 aromatic heterocycles. The summed E-state index contributed by atoms with van der Waals surface area (Å²) in [5.74, 6) is 0.940. The van der Waals surface area contributed by atoms with Crippen molar-refractivity contribution >= 4 is 23.8 Å². The summed E-state index contributed by atoms with van der Waals surface area (Å²) >= 11 is 0. The van der Waals surface area contributed by atoms with Crippen molar-refractivity contribution in [1.82, 2.24) is 0 Å². The van der Waals surface area contributed by atoms with Gasteiger partial charge in [-0.15, -0.1) is 6.58 Å². The van der Waals surface area contributed by atoms with E-state index in [0.717, 1.165) is 19.2 Å². The van der Waals surface area contributed by atoms with Crippen LogP contribution in [-0.4, -0.2) is 49.2 Å². The molecule has 1 heterocycles. The minimum absolute atomic E-state index is 0.166. The van der Waals surface area contributed by atoms with E-state index in [0.29, 0.717) is 22.9 Å². The van der Waals surface area contributed by atoms with Gasteiger partial charge in [-0.3, -0.25) is 0 Å². The van der Waals surface area contributed by atoms with E-state index in [9.17, 15) is 0 Å². The summed E-state index contributed by atoms with van der Waals surface area (Å²) in [7, 11) is -0.163. The largest absolute Gasteiger partial charge is 0.458 e. The average Bonchev–Trinajstić information content (AvgIpc) is 2.81. The van der Waals surface area contributed by atoms with Crippen molar-refractivity contribution < 1.29 is 18.2 Å². The van der Waals surface area contributed by atoms with Crippen molar-refractivity contribution in [3.8, 4) is 0 Å². The number of allylic oxidation sites excluding steroid dienone is 1. The van der Waals surface area contributed by atoms with Crippen LogP contribution in [0.2, 0.25) is 43.6 Å². The van der Waals surface area contributed by atoms with Crippen LogP contribution in [0.4, 0.5) is 0 Å². The van der Waals surface area contributed by atoms with E-state index in [1.54, 1.807) is 0 Å². The highest BCUT2D eigenvalue weighted by Gasteiger charge is 2.53. The molecule has 1 aliphatic rings. The predicted molar refractivity (Wildman–Crippen MR) is 135 cm³/mol. The first kappa shape index (κ1) is 28.1. The van der Waals surface area contributed by atoms with Gasteiger partial charge in [0.15, 0.2) is 16.6 Å². The van der Waals surface area contributed by atoms with E-state index in [-0.39, 0.29) is 18.3 Å². The van der Waals surface area contributed by atoms with Gasteiger partial charge in [-0.2, -0.15) is 0 Å².